The lowest BCUT2D eigenvalue weighted by Crippen LogP contribution is -1.87. The van der Waals surface area contributed by atoms with Gasteiger partial charge in [0.05, 0.1) is 0 Å². The summed E-state index contributed by atoms with van der Waals surface area (Å²) < 4.78 is 0. The van der Waals surface area contributed by atoms with Gasteiger partial charge in [-0.1, -0.05) is 52.0 Å². The van der Waals surface area contributed by atoms with E-state index in [1.54, 1.807) is 0 Å². The van der Waals surface area contributed by atoms with E-state index in [0.717, 1.165) is 0 Å². The number of rotatable bonds is 2. The van der Waals surface area contributed by atoms with Crippen molar-refractivity contribution in [1.82, 2.24) is 0 Å². The molecule has 0 aliphatic carbocycles. The van der Waals surface area contributed by atoms with Crippen LogP contribution in [0.15, 0.2) is 37.5 Å². The summed E-state index contributed by atoms with van der Waals surface area (Å²) in [7, 11) is 0. The van der Waals surface area contributed by atoms with E-state index in [2.05, 4.69) is 39.7 Å². The van der Waals surface area contributed by atoms with Crippen LogP contribution in [0.25, 0.3) is 0 Å². The molecule has 12 heavy (non-hydrogen) atoms. The highest BCUT2D eigenvalue weighted by atomic mass is 14.0. The fraction of sp³-hybridized carbons (Fsp3) is 0.500. The first-order valence-electron chi connectivity index (χ1n) is 4.51. The van der Waals surface area contributed by atoms with Crippen molar-refractivity contribution in [1.29, 1.82) is 0 Å². The van der Waals surface area contributed by atoms with Crippen LogP contribution in [0.3, 0.4) is 0 Å². The third kappa shape index (κ3) is 12.0. The van der Waals surface area contributed by atoms with Gasteiger partial charge in [0, 0.05) is 0 Å². The van der Waals surface area contributed by atoms with Gasteiger partial charge >= 0.3 is 0 Å². The first-order chi connectivity index (χ1) is 5.72. The standard InChI is InChI=1S/C8H14.C2H6.C2H4/c1-5-8(6-2)7(3)4;2*1-2/h5-7H,1H2,2-4H3;1-2H3;1-2H2/b8-6+;;. The van der Waals surface area contributed by atoms with E-state index in [0.29, 0.717) is 5.92 Å². The minimum Gasteiger partial charge on any atom is -0.106 e. The van der Waals surface area contributed by atoms with Crippen LogP contribution in [0.1, 0.15) is 34.6 Å². The van der Waals surface area contributed by atoms with Crippen molar-refractivity contribution in [3.05, 3.63) is 37.5 Å². The van der Waals surface area contributed by atoms with Gasteiger partial charge in [0.2, 0.25) is 0 Å². The summed E-state index contributed by atoms with van der Waals surface area (Å²) in [5.41, 5.74) is 1.32. The summed E-state index contributed by atoms with van der Waals surface area (Å²) in [4.78, 5) is 0. The average molecular weight is 168 g/mol. The summed E-state index contributed by atoms with van der Waals surface area (Å²) in [5, 5.41) is 0. The normalized spacial score (nSPS) is 9.00. The van der Waals surface area contributed by atoms with Gasteiger partial charge in [0.25, 0.3) is 0 Å². The molecule has 0 aliphatic rings. The van der Waals surface area contributed by atoms with Crippen LogP contribution in [0.2, 0.25) is 0 Å². The van der Waals surface area contributed by atoms with Crippen LogP contribution >= 0.6 is 0 Å². The molecule has 0 heteroatoms. The third-order valence-corrected chi connectivity index (χ3v) is 1.24. The largest absolute Gasteiger partial charge is 0.106 e. The van der Waals surface area contributed by atoms with Crippen molar-refractivity contribution in [3.63, 3.8) is 0 Å². The molecule has 0 heterocycles. The SMILES string of the molecule is C=C.C=C/C(=C\C)C(C)C.CC. The number of hydrogen-bond acceptors (Lipinski definition) is 0. The third-order valence-electron chi connectivity index (χ3n) is 1.24. The summed E-state index contributed by atoms with van der Waals surface area (Å²) in [6, 6.07) is 0. The lowest BCUT2D eigenvalue weighted by atomic mass is 10.0. The van der Waals surface area contributed by atoms with E-state index >= 15 is 0 Å². The summed E-state index contributed by atoms with van der Waals surface area (Å²) in [6.07, 6.45) is 4.00. The monoisotopic (exact) mass is 168 g/mol. The molecule has 0 aromatic carbocycles. The second-order valence-electron chi connectivity index (χ2n) is 2.15. The van der Waals surface area contributed by atoms with Crippen LogP contribution in [0, 0.1) is 5.92 Å². The smallest absolute Gasteiger partial charge is 0.0222 e. The number of allylic oxidation sites excluding steroid dienone is 3. The fourth-order valence-corrected chi connectivity index (χ4v) is 0.687. The highest BCUT2D eigenvalue weighted by Gasteiger charge is 1.93. The Hall–Kier alpha value is -0.780. The van der Waals surface area contributed by atoms with Crippen LogP contribution in [0.5, 0.6) is 0 Å². The Kier molecular flexibility index (Phi) is 24.1. The summed E-state index contributed by atoms with van der Waals surface area (Å²) >= 11 is 0. The molecule has 72 valence electrons. The quantitative estimate of drug-likeness (QED) is 0.417. The maximum absolute atomic E-state index is 3.68. The van der Waals surface area contributed by atoms with Gasteiger partial charge in [-0.2, -0.15) is 0 Å². The Balaban J connectivity index is -0.000000175. The molecule has 0 aliphatic heterocycles. The van der Waals surface area contributed by atoms with Crippen molar-refractivity contribution >= 4 is 0 Å². The van der Waals surface area contributed by atoms with Crippen molar-refractivity contribution in [2.24, 2.45) is 5.92 Å². The van der Waals surface area contributed by atoms with Gasteiger partial charge in [0.15, 0.2) is 0 Å². The van der Waals surface area contributed by atoms with Crippen LogP contribution < -0.4 is 0 Å². The zero-order valence-electron chi connectivity index (χ0n) is 9.35. The minimum atomic E-state index is 0.623. The molecule has 0 aromatic rings. The Morgan fingerprint density at radius 2 is 1.50 bits per heavy atom. The maximum atomic E-state index is 3.68. The highest BCUT2D eigenvalue weighted by molar-refractivity contribution is 5.16. The van der Waals surface area contributed by atoms with Crippen molar-refractivity contribution in [3.8, 4) is 0 Å². The molecule has 0 fully saturated rings. The number of hydrogen-bond donors (Lipinski definition) is 0. The summed E-state index contributed by atoms with van der Waals surface area (Å²) in [6.45, 7) is 20.1. The molecule has 0 nitrogen and oxygen atoms in total. The molecule has 0 radical (unpaired) electrons. The van der Waals surface area contributed by atoms with Crippen molar-refractivity contribution in [2.45, 2.75) is 34.6 Å². The van der Waals surface area contributed by atoms with Crippen LogP contribution in [-0.4, -0.2) is 0 Å². The molecule has 0 aromatic heterocycles. The van der Waals surface area contributed by atoms with Gasteiger partial charge in [-0.25, -0.2) is 0 Å². The molecule has 0 atom stereocenters. The van der Waals surface area contributed by atoms with Gasteiger partial charge in [0.1, 0.15) is 0 Å². The first-order valence-corrected chi connectivity index (χ1v) is 4.51. The molecule has 0 saturated carbocycles. The molecule has 0 N–H and O–H groups in total. The minimum absolute atomic E-state index is 0.623. The molecular weight excluding hydrogens is 144 g/mol. The van der Waals surface area contributed by atoms with Gasteiger partial charge in [-0.05, 0) is 12.8 Å². The molecule has 0 spiro atoms. The van der Waals surface area contributed by atoms with E-state index in [1.807, 2.05) is 26.8 Å². The predicted octanol–water partition coefficient (Wildman–Crippen LogP) is 4.60. The van der Waals surface area contributed by atoms with Crippen molar-refractivity contribution in [2.75, 3.05) is 0 Å². The second-order valence-corrected chi connectivity index (χ2v) is 2.15. The van der Waals surface area contributed by atoms with E-state index in [1.165, 1.54) is 5.57 Å². The van der Waals surface area contributed by atoms with Gasteiger partial charge < -0.3 is 0 Å². The van der Waals surface area contributed by atoms with E-state index in [9.17, 15) is 0 Å². The highest BCUT2D eigenvalue weighted by Crippen LogP contribution is 2.08. The Bertz CT molecular complexity index is 107. The zero-order chi connectivity index (χ0) is 10.6. The topological polar surface area (TPSA) is 0 Å². The predicted molar refractivity (Wildman–Crippen MR) is 61.4 cm³/mol. The van der Waals surface area contributed by atoms with Gasteiger partial charge in [-0.3, -0.25) is 0 Å². The summed E-state index contributed by atoms with van der Waals surface area (Å²) in [5.74, 6) is 0.623. The average Bonchev–Trinajstić information content (AvgIpc) is 2.13. The zero-order valence-corrected chi connectivity index (χ0v) is 9.35. The molecule has 0 saturated heterocycles. The Labute approximate surface area is 78.7 Å². The first kappa shape index (κ1) is 17.3. The fourth-order valence-electron chi connectivity index (χ4n) is 0.687. The van der Waals surface area contributed by atoms with E-state index < -0.39 is 0 Å². The lowest BCUT2D eigenvalue weighted by molar-refractivity contribution is 0.790. The maximum Gasteiger partial charge on any atom is -0.0222 e. The van der Waals surface area contributed by atoms with Gasteiger partial charge in [-0.15, -0.1) is 13.2 Å². The Morgan fingerprint density at radius 3 is 1.50 bits per heavy atom. The van der Waals surface area contributed by atoms with Crippen molar-refractivity contribution < 1.29 is 0 Å². The molecular formula is C12H24. The molecule has 0 rings (SSSR count). The van der Waals surface area contributed by atoms with Crippen LogP contribution in [0.4, 0.5) is 0 Å². The van der Waals surface area contributed by atoms with E-state index in [-0.39, 0.29) is 0 Å². The molecule has 0 amide bonds. The second kappa shape index (κ2) is 16.7. The Morgan fingerprint density at radius 1 is 1.17 bits per heavy atom. The lowest BCUT2D eigenvalue weighted by Gasteiger charge is -2.02. The van der Waals surface area contributed by atoms with E-state index in [4.69, 9.17) is 0 Å². The molecule has 0 unspecified atom stereocenters. The van der Waals surface area contributed by atoms with Crippen LogP contribution in [-0.2, 0) is 0 Å². The molecule has 0 bridgehead atoms.